The van der Waals surface area contributed by atoms with Crippen LogP contribution in [0.3, 0.4) is 0 Å². The Morgan fingerprint density at radius 1 is 1.22 bits per heavy atom. The summed E-state index contributed by atoms with van der Waals surface area (Å²) in [5.74, 6) is 0.574. The van der Waals surface area contributed by atoms with Crippen molar-refractivity contribution in [1.29, 1.82) is 0 Å². The molecule has 0 aliphatic rings. The molecular weight excluding hydrogens is 292 g/mol. The third kappa shape index (κ3) is 3.04. The fraction of sp³-hybridized carbons (Fsp3) is 0.222. The van der Waals surface area contributed by atoms with Crippen LogP contribution in [0.25, 0.3) is 22.6 Å². The molecule has 118 valence electrons. The summed E-state index contributed by atoms with van der Waals surface area (Å²) in [6.45, 7) is 5.65. The molecule has 5 heteroatoms. The first kappa shape index (κ1) is 15.1. The molecule has 3 aromatic rings. The van der Waals surface area contributed by atoms with Crippen molar-refractivity contribution in [3.8, 4) is 17.2 Å². The topological polar surface area (TPSA) is 75.4 Å². The largest absolute Gasteiger partial charge is 0.507 e. The lowest BCUT2D eigenvalue weighted by molar-refractivity contribution is -0.114. The number of nitrogens with zero attached hydrogens (tertiary/aromatic N) is 1. The van der Waals surface area contributed by atoms with Crippen molar-refractivity contribution in [1.82, 2.24) is 4.98 Å². The average Bonchev–Trinajstić information content (AvgIpc) is 2.89. The summed E-state index contributed by atoms with van der Waals surface area (Å²) in [7, 11) is 0. The van der Waals surface area contributed by atoms with E-state index in [0.717, 1.165) is 5.52 Å². The van der Waals surface area contributed by atoms with Gasteiger partial charge in [-0.15, -0.1) is 0 Å². The van der Waals surface area contributed by atoms with Gasteiger partial charge in [-0.2, -0.15) is 0 Å². The molecule has 1 aromatic heterocycles. The quantitative estimate of drug-likeness (QED) is 0.757. The summed E-state index contributed by atoms with van der Waals surface area (Å²) in [6.07, 6.45) is 0. The fourth-order valence-electron chi connectivity index (χ4n) is 2.41. The molecule has 0 bridgehead atoms. The Hall–Kier alpha value is -2.82. The molecule has 0 saturated heterocycles. The van der Waals surface area contributed by atoms with E-state index in [1.165, 1.54) is 18.6 Å². The smallest absolute Gasteiger partial charge is 0.231 e. The molecule has 0 aliphatic heterocycles. The van der Waals surface area contributed by atoms with E-state index in [2.05, 4.69) is 24.1 Å². The zero-order valence-electron chi connectivity index (χ0n) is 13.3. The number of phenols is 1. The zero-order valence-corrected chi connectivity index (χ0v) is 13.3. The first-order valence-electron chi connectivity index (χ1n) is 7.45. The van der Waals surface area contributed by atoms with Crippen LogP contribution in [0.1, 0.15) is 32.3 Å². The van der Waals surface area contributed by atoms with Crippen LogP contribution in [-0.2, 0) is 4.79 Å². The van der Waals surface area contributed by atoms with Gasteiger partial charge < -0.3 is 14.8 Å². The highest BCUT2D eigenvalue weighted by Crippen LogP contribution is 2.33. The maximum Gasteiger partial charge on any atom is 0.231 e. The summed E-state index contributed by atoms with van der Waals surface area (Å²) < 4.78 is 5.73. The van der Waals surface area contributed by atoms with Crippen LogP contribution in [0.15, 0.2) is 40.8 Å². The van der Waals surface area contributed by atoms with Crippen molar-refractivity contribution in [2.24, 2.45) is 0 Å². The standard InChI is InChI=1S/C18H18N2O3/c1-10(2)12-4-7-17-15(8-12)20-18(23-17)14-6-5-13(9-16(14)22)19-11(3)21/h4-10,22H,1-3H3,(H,19,21). The number of phenolic OH excluding ortho intramolecular Hbond substituents is 1. The number of anilines is 1. The van der Waals surface area contributed by atoms with E-state index in [1.54, 1.807) is 12.1 Å². The van der Waals surface area contributed by atoms with Crippen molar-refractivity contribution in [3.05, 3.63) is 42.0 Å². The Kier molecular flexibility index (Phi) is 3.78. The number of hydrogen-bond donors (Lipinski definition) is 2. The number of aromatic hydroxyl groups is 1. The van der Waals surface area contributed by atoms with Crippen LogP contribution in [0.4, 0.5) is 5.69 Å². The molecule has 0 unspecified atom stereocenters. The molecule has 0 aliphatic carbocycles. The van der Waals surface area contributed by atoms with Gasteiger partial charge in [-0.25, -0.2) is 4.98 Å². The summed E-state index contributed by atoms with van der Waals surface area (Å²) in [5, 5.41) is 12.8. The molecule has 2 N–H and O–H groups in total. The molecule has 0 fully saturated rings. The molecule has 1 heterocycles. The minimum atomic E-state index is -0.194. The monoisotopic (exact) mass is 310 g/mol. The second-order valence-electron chi connectivity index (χ2n) is 5.81. The Balaban J connectivity index is 2.01. The van der Waals surface area contributed by atoms with Gasteiger partial charge in [-0.1, -0.05) is 19.9 Å². The minimum absolute atomic E-state index is 0.00638. The molecule has 23 heavy (non-hydrogen) atoms. The molecule has 0 radical (unpaired) electrons. The lowest BCUT2D eigenvalue weighted by atomic mass is 10.0. The second-order valence-corrected chi connectivity index (χ2v) is 5.81. The molecule has 0 spiro atoms. The number of rotatable bonds is 3. The molecule has 2 aromatic carbocycles. The predicted octanol–water partition coefficient (Wildman–Crippen LogP) is 4.28. The number of carbonyl (C=O) groups is 1. The van der Waals surface area contributed by atoms with Gasteiger partial charge >= 0.3 is 0 Å². The summed E-state index contributed by atoms with van der Waals surface area (Å²) in [5.41, 5.74) is 3.63. The Morgan fingerprint density at radius 3 is 2.65 bits per heavy atom. The van der Waals surface area contributed by atoms with Gasteiger partial charge in [0.05, 0.1) is 5.56 Å². The third-order valence-corrected chi connectivity index (χ3v) is 3.63. The van der Waals surface area contributed by atoms with Gasteiger partial charge in [-0.3, -0.25) is 4.79 Å². The number of carbonyl (C=O) groups excluding carboxylic acids is 1. The highest BCUT2D eigenvalue weighted by molar-refractivity contribution is 5.89. The fourth-order valence-corrected chi connectivity index (χ4v) is 2.41. The average molecular weight is 310 g/mol. The minimum Gasteiger partial charge on any atom is -0.507 e. The van der Waals surface area contributed by atoms with Crippen molar-refractivity contribution in [2.75, 3.05) is 5.32 Å². The Bertz CT molecular complexity index is 881. The highest BCUT2D eigenvalue weighted by Gasteiger charge is 2.14. The Morgan fingerprint density at radius 2 is 2.00 bits per heavy atom. The van der Waals surface area contributed by atoms with Crippen LogP contribution in [-0.4, -0.2) is 16.0 Å². The number of nitrogens with one attached hydrogen (secondary N) is 1. The SMILES string of the molecule is CC(=O)Nc1ccc(-c2nc3cc(C(C)C)ccc3o2)c(O)c1. The number of oxazole rings is 1. The lowest BCUT2D eigenvalue weighted by Crippen LogP contribution is -2.05. The number of fused-ring (bicyclic) bond motifs is 1. The van der Waals surface area contributed by atoms with E-state index < -0.39 is 0 Å². The van der Waals surface area contributed by atoms with E-state index in [4.69, 9.17) is 4.42 Å². The van der Waals surface area contributed by atoms with Gasteiger partial charge in [0.25, 0.3) is 0 Å². The summed E-state index contributed by atoms with van der Waals surface area (Å²) in [6, 6.07) is 10.8. The van der Waals surface area contributed by atoms with E-state index >= 15 is 0 Å². The van der Waals surface area contributed by atoms with Gasteiger partial charge in [0.1, 0.15) is 11.3 Å². The number of amides is 1. The van der Waals surface area contributed by atoms with E-state index in [9.17, 15) is 9.90 Å². The third-order valence-electron chi connectivity index (χ3n) is 3.63. The number of hydrogen-bond acceptors (Lipinski definition) is 4. The predicted molar refractivity (Wildman–Crippen MR) is 89.5 cm³/mol. The molecule has 1 amide bonds. The normalized spacial score (nSPS) is 11.1. The van der Waals surface area contributed by atoms with Gasteiger partial charge in [-0.05, 0) is 35.7 Å². The van der Waals surface area contributed by atoms with Crippen LogP contribution in [0, 0.1) is 0 Å². The van der Waals surface area contributed by atoms with Crippen molar-refractivity contribution < 1.29 is 14.3 Å². The number of aromatic nitrogens is 1. The molecule has 0 atom stereocenters. The van der Waals surface area contributed by atoms with Gasteiger partial charge in [0.15, 0.2) is 5.58 Å². The number of benzene rings is 2. The van der Waals surface area contributed by atoms with Crippen LogP contribution < -0.4 is 5.32 Å². The van der Waals surface area contributed by atoms with Crippen molar-refractivity contribution in [3.63, 3.8) is 0 Å². The van der Waals surface area contributed by atoms with E-state index in [0.29, 0.717) is 28.6 Å². The molecule has 0 saturated carbocycles. The maximum absolute atomic E-state index is 11.1. The molecule has 5 nitrogen and oxygen atoms in total. The van der Waals surface area contributed by atoms with E-state index in [1.807, 2.05) is 18.2 Å². The van der Waals surface area contributed by atoms with Crippen molar-refractivity contribution >= 4 is 22.7 Å². The first-order valence-corrected chi connectivity index (χ1v) is 7.45. The summed E-state index contributed by atoms with van der Waals surface area (Å²) >= 11 is 0. The van der Waals surface area contributed by atoms with Crippen LogP contribution in [0.5, 0.6) is 5.75 Å². The van der Waals surface area contributed by atoms with Crippen molar-refractivity contribution in [2.45, 2.75) is 26.7 Å². The zero-order chi connectivity index (χ0) is 16.6. The van der Waals surface area contributed by atoms with Gasteiger partial charge in [0.2, 0.25) is 11.8 Å². The lowest BCUT2D eigenvalue weighted by Gasteiger charge is -2.05. The molecule has 3 rings (SSSR count). The first-order chi connectivity index (χ1) is 10.9. The van der Waals surface area contributed by atoms with Crippen LogP contribution >= 0.6 is 0 Å². The Labute approximate surface area is 134 Å². The van der Waals surface area contributed by atoms with E-state index in [-0.39, 0.29) is 11.7 Å². The summed E-state index contributed by atoms with van der Waals surface area (Å²) in [4.78, 5) is 15.5. The van der Waals surface area contributed by atoms with Crippen LogP contribution in [0.2, 0.25) is 0 Å². The highest BCUT2D eigenvalue weighted by atomic mass is 16.3. The maximum atomic E-state index is 11.1. The second kappa shape index (κ2) is 5.76. The molecular formula is C18H18N2O3. The van der Waals surface area contributed by atoms with Gasteiger partial charge in [0, 0.05) is 18.7 Å².